The second kappa shape index (κ2) is 35.8. The first-order valence-electron chi connectivity index (χ1n) is 23.1. The monoisotopic (exact) mass is 790 g/mol. The van der Waals surface area contributed by atoms with Crippen molar-refractivity contribution in [1.29, 1.82) is 0 Å². The molecule has 0 aromatic carbocycles. The molecule has 0 aromatic rings. The fourth-order valence-corrected chi connectivity index (χ4v) is 7.88. The van der Waals surface area contributed by atoms with Gasteiger partial charge in [0.2, 0.25) is 0 Å². The van der Waals surface area contributed by atoms with Crippen molar-refractivity contribution in [1.82, 2.24) is 15.5 Å². The third-order valence-corrected chi connectivity index (χ3v) is 10.4. The van der Waals surface area contributed by atoms with Gasteiger partial charge in [-0.15, -0.1) is 0 Å². The second-order valence-electron chi connectivity index (χ2n) is 18.3. The van der Waals surface area contributed by atoms with E-state index >= 15 is 0 Å². The summed E-state index contributed by atoms with van der Waals surface area (Å²) in [6, 6.07) is -0.0720. The molecule has 0 atom stereocenters. The number of esters is 2. The van der Waals surface area contributed by atoms with Gasteiger partial charge in [-0.2, -0.15) is 0 Å². The average molecular weight is 790 g/mol. The first kappa shape index (κ1) is 53.6. The summed E-state index contributed by atoms with van der Waals surface area (Å²) in [5.74, 6) is 0.251. The van der Waals surface area contributed by atoms with Crippen LogP contribution in [-0.4, -0.2) is 69.8 Å². The fourth-order valence-electron chi connectivity index (χ4n) is 7.88. The summed E-state index contributed by atoms with van der Waals surface area (Å²) in [7, 11) is 4.23. The van der Waals surface area contributed by atoms with E-state index in [0.29, 0.717) is 45.1 Å². The van der Waals surface area contributed by atoms with Crippen molar-refractivity contribution in [2.45, 2.75) is 202 Å². The highest BCUT2D eigenvalue weighted by molar-refractivity contribution is 5.73. The Bertz CT molecular complexity index is 970. The Hall–Kier alpha value is -2.35. The van der Waals surface area contributed by atoms with Crippen LogP contribution in [0.4, 0.5) is 4.79 Å². The van der Waals surface area contributed by atoms with Crippen molar-refractivity contribution in [2.75, 3.05) is 46.9 Å². The summed E-state index contributed by atoms with van der Waals surface area (Å²) >= 11 is 0. The molecular formula is C48H91N3O5. The lowest BCUT2D eigenvalue weighted by molar-refractivity contribution is -0.143. The van der Waals surface area contributed by atoms with Crippen LogP contribution >= 0.6 is 0 Å². The lowest BCUT2D eigenvalue weighted by atomic mass is 9.75. The van der Waals surface area contributed by atoms with Crippen molar-refractivity contribution >= 4 is 18.0 Å². The summed E-state index contributed by atoms with van der Waals surface area (Å²) < 4.78 is 10.7. The van der Waals surface area contributed by atoms with E-state index in [1.165, 1.54) is 51.4 Å². The Kier molecular flexibility index (Phi) is 34.3. The molecule has 8 heteroatoms. The summed E-state index contributed by atoms with van der Waals surface area (Å²) in [6.45, 7) is 16.6. The number of amides is 2. The van der Waals surface area contributed by atoms with E-state index in [0.717, 1.165) is 103 Å². The van der Waals surface area contributed by atoms with Gasteiger partial charge in [-0.05, 0) is 88.6 Å². The van der Waals surface area contributed by atoms with Gasteiger partial charge in [0.05, 0.1) is 0 Å². The normalized spacial score (nSPS) is 12.3. The van der Waals surface area contributed by atoms with Gasteiger partial charge in [-0.25, -0.2) is 4.79 Å². The number of rotatable bonds is 38. The Morgan fingerprint density at radius 3 is 1.48 bits per heavy atom. The summed E-state index contributed by atoms with van der Waals surface area (Å²) in [4.78, 5) is 39.4. The number of carbonyl (C=O) groups is 3. The molecule has 0 heterocycles. The van der Waals surface area contributed by atoms with Gasteiger partial charge in [-0.1, -0.05) is 156 Å². The standard InChI is InChI=1S/C48H91N3O5/c1-9-11-13-15-17-25-31-37-55-44(52)35-29-23-19-21-27-33-43(39-49-46(54)50-41-47(3,4)40-48(5,6)42-51(7)8)34-28-22-20-24-30-36-45(53)56-38-32-26-18-16-14-12-10-2/h25-26,31-32,43H,9-24,27-30,33-42H2,1-8H3,(H2,49,50,54)/b31-25-,32-26-. The average Bonchev–Trinajstić information content (AvgIpc) is 3.12. The molecule has 8 nitrogen and oxygen atoms in total. The van der Waals surface area contributed by atoms with E-state index in [1.807, 2.05) is 12.2 Å². The van der Waals surface area contributed by atoms with Gasteiger partial charge in [-0.3, -0.25) is 9.59 Å². The number of hydrogen-bond acceptors (Lipinski definition) is 6. The molecule has 0 unspecified atom stereocenters. The second-order valence-corrected chi connectivity index (χ2v) is 18.3. The molecule has 0 aliphatic carbocycles. The van der Waals surface area contributed by atoms with Gasteiger partial charge in [0.15, 0.2) is 0 Å². The quantitative estimate of drug-likeness (QED) is 0.0367. The summed E-state index contributed by atoms with van der Waals surface area (Å²) in [6.07, 6.45) is 35.2. The molecule has 0 spiro atoms. The smallest absolute Gasteiger partial charge is 0.314 e. The molecule has 56 heavy (non-hydrogen) atoms. The van der Waals surface area contributed by atoms with Crippen LogP contribution in [0, 0.1) is 16.7 Å². The van der Waals surface area contributed by atoms with Crippen LogP contribution in [0.2, 0.25) is 0 Å². The van der Waals surface area contributed by atoms with Crippen molar-refractivity contribution in [2.24, 2.45) is 16.7 Å². The van der Waals surface area contributed by atoms with Gasteiger partial charge >= 0.3 is 18.0 Å². The topological polar surface area (TPSA) is 97.0 Å². The molecule has 0 saturated carbocycles. The number of nitrogens with one attached hydrogen (secondary N) is 2. The maximum atomic E-state index is 12.9. The van der Waals surface area contributed by atoms with E-state index in [9.17, 15) is 14.4 Å². The van der Waals surface area contributed by atoms with E-state index in [1.54, 1.807) is 0 Å². The number of urea groups is 1. The first-order chi connectivity index (χ1) is 26.8. The van der Waals surface area contributed by atoms with Crippen LogP contribution in [0.3, 0.4) is 0 Å². The molecule has 2 amide bonds. The molecule has 0 radical (unpaired) electrons. The number of unbranched alkanes of at least 4 members (excludes halogenated alkanes) is 16. The van der Waals surface area contributed by atoms with Crippen molar-refractivity contribution in [3.8, 4) is 0 Å². The van der Waals surface area contributed by atoms with Gasteiger partial charge < -0.3 is 25.0 Å². The number of hydrogen-bond donors (Lipinski definition) is 2. The highest BCUT2D eigenvalue weighted by atomic mass is 16.5. The third-order valence-electron chi connectivity index (χ3n) is 10.4. The molecule has 0 saturated heterocycles. The van der Waals surface area contributed by atoms with Crippen LogP contribution in [0.15, 0.2) is 24.3 Å². The maximum absolute atomic E-state index is 12.9. The summed E-state index contributed by atoms with van der Waals surface area (Å²) in [5.41, 5.74) is 0.164. The zero-order valence-corrected chi connectivity index (χ0v) is 38.1. The first-order valence-corrected chi connectivity index (χ1v) is 23.1. The highest BCUT2D eigenvalue weighted by Gasteiger charge is 2.29. The molecular weight excluding hydrogens is 699 g/mol. The number of ether oxygens (including phenoxy) is 2. The van der Waals surface area contributed by atoms with Crippen molar-refractivity contribution < 1.29 is 23.9 Å². The minimum Gasteiger partial charge on any atom is -0.461 e. The van der Waals surface area contributed by atoms with Crippen molar-refractivity contribution in [3.05, 3.63) is 24.3 Å². The lowest BCUT2D eigenvalue weighted by Crippen LogP contribution is -2.44. The molecule has 2 N–H and O–H groups in total. The zero-order valence-electron chi connectivity index (χ0n) is 38.1. The van der Waals surface area contributed by atoms with E-state index < -0.39 is 0 Å². The Morgan fingerprint density at radius 2 is 1.02 bits per heavy atom. The van der Waals surface area contributed by atoms with Crippen molar-refractivity contribution in [3.63, 3.8) is 0 Å². The van der Waals surface area contributed by atoms with Gasteiger partial charge in [0.1, 0.15) is 13.2 Å². The molecule has 328 valence electrons. The zero-order chi connectivity index (χ0) is 41.8. The molecule has 0 fully saturated rings. The van der Waals surface area contributed by atoms with Crippen LogP contribution in [-0.2, 0) is 19.1 Å². The molecule has 0 aromatic heterocycles. The predicted molar refractivity (Wildman–Crippen MR) is 238 cm³/mol. The van der Waals surface area contributed by atoms with Crippen LogP contribution in [0.5, 0.6) is 0 Å². The van der Waals surface area contributed by atoms with E-state index in [4.69, 9.17) is 9.47 Å². The Labute approximate surface area is 346 Å². The minimum absolute atomic E-state index is 0.00107. The number of nitrogens with zero attached hydrogens (tertiary/aromatic N) is 1. The fraction of sp³-hybridized carbons (Fsp3) is 0.854. The SMILES string of the molecule is CCCCCC/C=C\COC(=O)CCCCCCCC(CCCCCCCC(=O)OC/C=C\CCCCCC)CNC(=O)NCC(C)(C)CC(C)(C)CN(C)C. The van der Waals surface area contributed by atoms with Gasteiger partial charge in [0, 0.05) is 32.5 Å². The maximum Gasteiger partial charge on any atom is 0.314 e. The number of carbonyl (C=O) groups excluding carboxylic acids is 3. The Balaban J connectivity index is 4.54. The largest absolute Gasteiger partial charge is 0.461 e. The van der Waals surface area contributed by atoms with Crippen LogP contribution in [0.25, 0.3) is 0 Å². The molecule has 0 rings (SSSR count). The van der Waals surface area contributed by atoms with Gasteiger partial charge in [0.25, 0.3) is 0 Å². The molecule has 0 aliphatic rings. The highest BCUT2D eigenvalue weighted by Crippen LogP contribution is 2.33. The minimum atomic E-state index is -0.0955. The number of allylic oxidation sites excluding steroid dienone is 2. The Morgan fingerprint density at radius 1 is 0.571 bits per heavy atom. The molecule has 0 aliphatic heterocycles. The summed E-state index contributed by atoms with van der Waals surface area (Å²) in [5, 5.41) is 6.36. The van der Waals surface area contributed by atoms with E-state index in [2.05, 4.69) is 83.3 Å². The third kappa shape index (κ3) is 37.2. The van der Waals surface area contributed by atoms with Crippen LogP contribution in [0.1, 0.15) is 202 Å². The van der Waals surface area contributed by atoms with E-state index in [-0.39, 0.29) is 28.8 Å². The molecule has 0 bridgehead atoms. The predicted octanol–water partition coefficient (Wildman–Crippen LogP) is 12.5. The van der Waals surface area contributed by atoms with Crippen LogP contribution < -0.4 is 10.6 Å². The lowest BCUT2D eigenvalue weighted by Gasteiger charge is -2.36.